The summed E-state index contributed by atoms with van der Waals surface area (Å²) < 4.78 is 5.04. The maximum atomic E-state index is 12.3. The van der Waals surface area contributed by atoms with E-state index in [0.717, 1.165) is 12.8 Å². The zero-order chi connectivity index (χ0) is 15.1. The van der Waals surface area contributed by atoms with Crippen molar-refractivity contribution in [2.45, 2.75) is 43.9 Å². The molecule has 1 aromatic carbocycles. The van der Waals surface area contributed by atoms with Crippen LogP contribution in [0.4, 0.5) is 0 Å². The number of aryl methyl sites for hydroxylation is 1. The molecule has 1 N–H and O–H groups in total. The molecule has 4 heteroatoms. The molecule has 0 saturated carbocycles. The van der Waals surface area contributed by atoms with Crippen LogP contribution in [0.1, 0.15) is 29.9 Å². The molecule has 114 valence electrons. The van der Waals surface area contributed by atoms with Gasteiger partial charge in [-0.1, -0.05) is 29.8 Å². The van der Waals surface area contributed by atoms with Crippen molar-refractivity contribution in [2.24, 2.45) is 5.92 Å². The Morgan fingerprint density at radius 2 is 1.95 bits per heavy atom. The molecule has 0 aliphatic carbocycles. The van der Waals surface area contributed by atoms with E-state index in [0.29, 0.717) is 6.04 Å². The zero-order valence-corrected chi connectivity index (χ0v) is 12.8. The van der Waals surface area contributed by atoms with Crippen molar-refractivity contribution >= 4 is 5.97 Å². The molecule has 2 heterocycles. The summed E-state index contributed by atoms with van der Waals surface area (Å²) in [5.74, 6) is -0.380. The SMILES string of the molecule is COC(=O)[C@@H]1C2[C@H](O)CC(C[C@H]1c1ccc(C)cc1)N2C. The summed E-state index contributed by atoms with van der Waals surface area (Å²) in [5, 5.41) is 10.3. The highest BCUT2D eigenvalue weighted by Gasteiger charge is 2.53. The van der Waals surface area contributed by atoms with Gasteiger partial charge in [0.15, 0.2) is 0 Å². The summed E-state index contributed by atoms with van der Waals surface area (Å²) in [6.45, 7) is 2.06. The molecule has 0 amide bonds. The molecule has 1 aromatic rings. The monoisotopic (exact) mass is 289 g/mol. The summed E-state index contributed by atoms with van der Waals surface area (Å²) in [6.07, 6.45) is 1.20. The molecule has 3 rings (SSSR count). The van der Waals surface area contributed by atoms with Gasteiger partial charge in [0.2, 0.25) is 0 Å². The molecule has 0 aromatic heterocycles. The van der Waals surface area contributed by atoms with E-state index in [-0.39, 0.29) is 23.8 Å². The van der Waals surface area contributed by atoms with Crippen molar-refractivity contribution < 1.29 is 14.6 Å². The summed E-state index contributed by atoms with van der Waals surface area (Å²) in [7, 11) is 3.44. The summed E-state index contributed by atoms with van der Waals surface area (Å²) >= 11 is 0. The van der Waals surface area contributed by atoms with Gasteiger partial charge < -0.3 is 9.84 Å². The number of methoxy groups -OCH3 is 1. The summed E-state index contributed by atoms with van der Waals surface area (Å²) in [6, 6.07) is 8.58. The van der Waals surface area contributed by atoms with Crippen LogP contribution in [0.15, 0.2) is 24.3 Å². The van der Waals surface area contributed by atoms with E-state index in [1.54, 1.807) is 0 Å². The molecular formula is C17H23NO3. The Hall–Kier alpha value is -1.39. The standard InChI is InChI=1S/C17H23NO3/c1-10-4-6-11(7-5-10)13-8-12-9-14(19)16(18(12)2)15(13)17(20)21-3/h4-7,12-16,19H,8-9H2,1-3H3/t12?,13-,14+,15-,16?/m0/s1. The molecule has 2 unspecified atom stereocenters. The van der Waals surface area contributed by atoms with Crippen LogP contribution in [-0.2, 0) is 9.53 Å². The third-order valence-electron chi connectivity index (χ3n) is 5.26. The van der Waals surface area contributed by atoms with E-state index < -0.39 is 6.10 Å². The number of nitrogens with zero attached hydrogens (tertiary/aromatic N) is 1. The van der Waals surface area contributed by atoms with Gasteiger partial charge in [-0.3, -0.25) is 9.69 Å². The molecule has 2 aliphatic heterocycles. The number of hydrogen-bond donors (Lipinski definition) is 1. The fourth-order valence-corrected chi connectivity index (χ4v) is 4.13. The van der Waals surface area contributed by atoms with Gasteiger partial charge in [-0.2, -0.15) is 0 Å². The van der Waals surface area contributed by atoms with Gasteiger partial charge in [-0.15, -0.1) is 0 Å². The van der Waals surface area contributed by atoms with E-state index in [9.17, 15) is 9.90 Å². The number of hydrogen-bond acceptors (Lipinski definition) is 4. The number of aliphatic hydroxyl groups excluding tert-OH is 1. The second-order valence-corrected chi connectivity index (χ2v) is 6.41. The van der Waals surface area contributed by atoms with Crippen LogP contribution >= 0.6 is 0 Å². The third kappa shape index (κ3) is 2.36. The quantitative estimate of drug-likeness (QED) is 0.842. The molecule has 2 aliphatic rings. The first-order chi connectivity index (χ1) is 10.0. The highest BCUT2D eigenvalue weighted by molar-refractivity contribution is 5.75. The van der Waals surface area contributed by atoms with Crippen molar-refractivity contribution in [3.8, 4) is 0 Å². The number of ether oxygens (including phenoxy) is 1. The maximum absolute atomic E-state index is 12.3. The van der Waals surface area contributed by atoms with Crippen LogP contribution in [0.3, 0.4) is 0 Å². The number of rotatable bonds is 2. The third-order valence-corrected chi connectivity index (χ3v) is 5.26. The molecule has 0 radical (unpaired) electrons. The zero-order valence-electron chi connectivity index (χ0n) is 12.8. The predicted molar refractivity (Wildman–Crippen MR) is 80.0 cm³/mol. The van der Waals surface area contributed by atoms with E-state index in [4.69, 9.17) is 4.74 Å². The molecule has 2 bridgehead atoms. The average Bonchev–Trinajstić information content (AvgIpc) is 2.66. The molecule has 4 nitrogen and oxygen atoms in total. The van der Waals surface area contributed by atoms with Crippen LogP contribution in [0.5, 0.6) is 0 Å². The largest absolute Gasteiger partial charge is 0.469 e. The van der Waals surface area contributed by atoms with Gasteiger partial charge >= 0.3 is 5.97 Å². The van der Waals surface area contributed by atoms with Crippen molar-refractivity contribution in [2.75, 3.05) is 14.2 Å². The average molecular weight is 289 g/mol. The number of benzene rings is 1. The van der Waals surface area contributed by atoms with Gasteiger partial charge in [0, 0.05) is 18.0 Å². The minimum absolute atomic E-state index is 0.126. The van der Waals surface area contributed by atoms with E-state index in [1.165, 1.54) is 18.2 Å². The Kier molecular flexibility index (Phi) is 3.76. The lowest BCUT2D eigenvalue weighted by molar-refractivity contribution is -0.151. The molecule has 5 atom stereocenters. The molecule has 2 fully saturated rings. The molecular weight excluding hydrogens is 266 g/mol. The first kappa shape index (κ1) is 14.5. The van der Waals surface area contributed by atoms with Crippen LogP contribution in [0, 0.1) is 12.8 Å². The highest BCUT2D eigenvalue weighted by atomic mass is 16.5. The van der Waals surface area contributed by atoms with Crippen molar-refractivity contribution in [3.05, 3.63) is 35.4 Å². The smallest absolute Gasteiger partial charge is 0.310 e. The van der Waals surface area contributed by atoms with Gasteiger partial charge in [0.1, 0.15) is 0 Å². The number of aliphatic hydroxyl groups is 1. The lowest BCUT2D eigenvalue weighted by Crippen LogP contribution is -2.51. The van der Waals surface area contributed by atoms with Crippen LogP contribution in [-0.4, -0.2) is 48.3 Å². The van der Waals surface area contributed by atoms with E-state index in [2.05, 4.69) is 36.1 Å². The fourth-order valence-electron chi connectivity index (χ4n) is 4.13. The summed E-state index contributed by atoms with van der Waals surface area (Å²) in [5.41, 5.74) is 2.39. The Bertz CT molecular complexity index is 527. The number of carbonyl (C=O) groups is 1. The minimum atomic E-state index is -0.445. The van der Waals surface area contributed by atoms with Crippen molar-refractivity contribution in [3.63, 3.8) is 0 Å². The van der Waals surface area contributed by atoms with Gasteiger partial charge in [0.05, 0.1) is 19.1 Å². The first-order valence-corrected chi connectivity index (χ1v) is 7.57. The topological polar surface area (TPSA) is 49.8 Å². The summed E-state index contributed by atoms with van der Waals surface area (Å²) in [4.78, 5) is 14.5. The number of likely N-dealkylation sites (N-methyl/N-ethyl adjacent to an activating group) is 1. The first-order valence-electron chi connectivity index (χ1n) is 7.57. The lowest BCUT2D eigenvalue weighted by atomic mass is 9.76. The Balaban J connectivity index is 1.98. The number of carbonyl (C=O) groups excluding carboxylic acids is 1. The molecule has 2 saturated heterocycles. The van der Waals surface area contributed by atoms with Crippen molar-refractivity contribution in [1.29, 1.82) is 0 Å². The fraction of sp³-hybridized carbons (Fsp3) is 0.588. The van der Waals surface area contributed by atoms with E-state index in [1.807, 2.05) is 7.05 Å². The molecule has 0 spiro atoms. The maximum Gasteiger partial charge on any atom is 0.310 e. The predicted octanol–water partition coefficient (Wildman–Crippen LogP) is 1.71. The second kappa shape index (κ2) is 5.43. The highest BCUT2D eigenvalue weighted by Crippen LogP contribution is 2.46. The number of esters is 1. The Morgan fingerprint density at radius 3 is 2.57 bits per heavy atom. The van der Waals surface area contributed by atoms with E-state index >= 15 is 0 Å². The van der Waals surface area contributed by atoms with Gasteiger partial charge in [-0.25, -0.2) is 0 Å². The second-order valence-electron chi connectivity index (χ2n) is 6.41. The number of piperidine rings is 1. The van der Waals surface area contributed by atoms with Crippen LogP contribution in [0.25, 0.3) is 0 Å². The number of fused-ring (bicyclic) bond motifs is 2. The van der Waals surface area contributed by atoms with Gasteiger partial charge in [-0.05, 0) is 32.4 Å². The minimum Gasteiger partial charge on any atom is -0.469 e. The Morgan fingerprint density at radius 1 is 1.29 bits per heavy atom. The lowest BCUT2D eigenvalue weighted by Gasteiger charge is -2.42. The van der Waals surface area contributed by atoms with Crippen LogP contribution in [0.2, 0.25) is 0 Å². The molecule has 21 heavy (non-hydrogen) atoms. The van der Waals surface area contributed by atoms with Crippen molar-refractivity contribution in [1.82, 2.24) is 4.90 Å². The van der Waals surface area contributed by atoms with Gasteiger partial charge in [0.25, 0.3) is 0 Å². The Labute approximate surface area is 125 Å². The normalized spacial score (nSPS) is 35.7. The van der Waals surface area contributed by atoms with Crippen LogP contribution < -0.4 is 0 Å².